The molecule has 0 radical (unpaired) electrons. The zero-order valence-electron chi connectivity index (χ0n) is 6.16. The number of carbonyl (C=O) groups is 1. The SMILES string of the molecule is CCONC(=O)c1ccco1. The highest BCUT2D eigenvalue weighted by molar-refractivity contribution is 5.90. The normalized spacial score (nSPS) is 9.55. The van der Waals surface area contributed by atoms with Crippen LogP contribution in [0.3, 0.4) is 0 Å². The summed E-state index contributed by atoms with van der Waals surface area (Å²) in [5, 5.41) is 0. The minimum absolute atomic E-state index is 0.249. The standard InChI is InChI=1S/C7H9NO3/c1-2-11-8-7(9)6-4-3-5-10-6/h3-5H,2H2,1H3,(H,8,9). The van der Waals surface area contributed by atoms with Crippen LogP contribution in [-0.4, -0.2) is 12.5 Å². The van der Waals surface area contributed by atoms with Gasteiger partial charge in [0.2, 0.25) is 0 Å². The van der Waals surface area contributed by atoms with Crippen LogP contribution in [0.15, 0.2) is 22.8 Å². The van der Waals surface area contributed by atoms with Gasteiger partial charge in [-0.1, -0.05) is 0 Å². The molecule has 11 heavy (non-hydrogen) atoms. The minimum atomic E-state index is -0.364. The molecule has 0 spiro atoms. The number of hydrogen-bond acceptors (Lipinski definition) is 3. The molecule has 0 bridgehead atoms. The van der Waals surface area contributed by atoms with Crippen molar-refractivity contribution in [1.82, 2.24) is 5.48 Å². The van der Waals surface area contributed by atoms with Crippen molar-refractivity contribution in [2.75, 3.05) is 6.61 Å². The first-order valence-electron chi connectivity index (χ1n) is 3.30. The third-order valence-electron chi connectivity index (χ3n) is 1.05. The summed E-state index contributed by atoms with van der Waals surface area (Å²) < 4.78 is 4.80. The van der Waals surface area contributed by atoms with Crippen LogP contribution in [-0.2, 0) is 4.84 Å². The lowest BCUT2D eigenvalue weighted by Gasteiger charge is -1.98. The van der Waals surface area contributed by atoms with Gasteiger partial charge in [-0.3, -0.25) is 9.63 Å². The van der Waals surface area contributed by atoms with Crippen molar-refractivity contribution in [3.8, 4) is 0 Å². The minimum Gasteiger partial charge on any atom is -0.459 e. The van der Waals surface area contributed by atoms with E-state index in [1.807, 2.05) is 0 Å². The maximum absolute atomic E-state index is 10.9. The van der Waals surface area contributed by atoms with E-state index in [4.69, 9.17) is 4.42 Å². The van der Waals surface area contributed by atoms with Gasteiger partial charge >= 0.3 is 5.91 Å². The van der Waals surface area contributed by atoms with E-state index in [1.165, 1.54) is 6.26 Å². The van der Waals surface area contributed by atoms with Crippen LogP contribution in [0.4, 0.5) is 0 Å². The molecule has 1 aromatic rings. The first kappa shape index (κ1) is 7.81. The Morgan fingerprint density at radius 3 is 3.18 bits per heavy atom. The van der Waals surface area contributed by atoms with Crippen molar-refractivity contribution in [3.05, 3.63) is 24.2 Å². The average molecular weight is 155 g/mol. The summed E-state index contributed by atoms with van der Waals surface area (Å²) in [5.41, 5.74) is 2.20. The summed E-state index contributed by atoms with van der Waals surface area (Å²) in [5.74, 6) is -0.115. The predicted octanol–water partition coefficient (Wildman–Crippen LogP) is 0.961. The monoisotopic (exact) mass is 155 g/mol. The third kappa shape index (κ3) is 2.09. The van der Waals surface area contributed by atoms with E-state index < -0.39 is 0 Å². The molecule has 0 saturated heterocycles. The van der Waals surface area contributed by atoms with Crippen LogP contribution in [0, 0.1) is 0 Å². The molecule has 0 fully saturated rings. The number of furan rings is 1. The van der Waals surface area contributed by atoms with Crippen LogP contribution in [0.1, 0.15) is 17.5 Å². The highest BCUT2D eigenvalue weighted by Crippen LogP contribution is 1.98. The maximum Gasteiger partial charge on any atom is 0.310 e. The Labute approximate surface area is 64.1 Å². The van der Waals surface area contributed by atoms with Gasteiger partial charge in [0.15, 0.2) is 5.76 Å². The highest BCUT2D eigenvalue weighted by Gasteiger charge is 2.06. The Morgan fingerprint density at radius 2 is 2.64 bits per heavy atom. The van der Waals surface area contributed by atoms with Gasteiger partial charge in [0.25, 0.3) is 0 Å². The van der Waals surface area contributed by atoms with Gasteiger partial charge in [-0.2, -0.15) is 0 Å². The summed E-state index contributed by atoms with van der Waals surface area (Å²) in [7, 11) is 0. The second-order valence-electron chi connectivity index (χ2n) is 1.84. The summed E-state index contributed by atoms with van der Waals surface area (Å²) in [6.45, 7) is 2.22. The molecular formula is C7H9NO3. The van der Waals surface area contributed by atoms with Crippen molar-refractivity contribution in [1.29, 1.82) is 0 Å². The van der Waals surface area contributed by atoms with Crippen molar-refractivity contribution in [3.63, 3.8) is 0 Å². The number of rotatable bonds is 3. The molecular weight excluding hydrogens is 146 g/mol. The summed E-state index contributed by atoms with van der Waals surface area (Å²) in [6.07, 6.45) is 1.43. The third-order valence-corrected chi connectivity index (χ3v) is 1.05. The molecule has 4 nitrogen and oxygen atoms in total. The molecule has 1 N–H and O–H groups in total. The van der Waals surface area contributed by atoms with Gasteiger partial charge < -0.3 is 4.42 Å². The molecule has 0 aromatic carbocycles. The molecule has 4 heteroatoms. The lowest BCUT2D eigenvalue weighted by Crippen LogP contribution is -2.22. The summed E-state index contributed by atoms with van der Waals surface area (Å²) in [4.78, 5) is 15.6. The predicted molar refractivity (Wildman–Crippen MR) is 37.8 cm³/mol. The first-order valence-corrected chi connectivity index (χ1v) is 3.30. The van der Waals surface area contributed by atoms with Crippen LogP contribution in [0.2, 0.25) is 0 Å². The molecule has 1 aromatic heterocycles. The van der Waals surface area contributed by atoms with Gasteiger partial charge in [0, 0.05) is 0 Å². The molecule has 0 aliphatic carbocycles. The van der Waals surface area contributed by atoms with E-state index in [0.717, 1.165) is 0 Å². The Kier molecular flexibility index (Phi) is 2.68. The van der Waals surface area contributed by atoms with Gasteiger partial charge in [-0.25, -0.2) is 5.48 Å². The van der Waals surface area contributed by atoms with E-state index in [2.05, 4.69) is 10.3 Å². The van der Waals surface area contributed by atoms with Gasteiger partial charge in [-0.15, -0.1) is 0 Å². The fourth-order valence-corrected chi connectivity index (χ4v) is 0.596. The molecule has 1 rings (SSSR count). The Balaban J connectivity index is 2.43. The zero-order chi connectivity index (χ0) is 8.10. The van der Waals surface area contributed by atoms with Crippen molar-refractivity contribution < 1.29 is 14.0 Å². The highest BCUT2D eigenvalue weighted by atomic mass is 16.7. The molecule has 60 valence electrons. The molecule has 0 aliphatic heterocycles. The fraction of sp³-hybridized carbons (Fsp3) is 0.286. The average Bonchev–Trinajstić information content (AvgIpc) is 2.52. The van der Waals surface area contributed by atoms with E-state index in [1.54, 1.807) is 19.1 Å². The van der Waals surface area contributed by atoms with Crippen LogP contribution in [0.5, 0.6) is 0 Å². The fourth-order valence-electron chi connectivity index (χ4n) is 0.596. The van der Waals surface area contributed by atoms with Gasteiger partial charge in [-0.05, 0) is 19.1 Å². The Bertz CT molecular complexity index is 218. The summed E-state index contributed by atoms with van der Waals surface area (Å²) in [6, 6.07) is 3.20. The molecule has 0 saturated carbocycles. The van der Waals surface area contributed by atoms with Crippen LogP contribution in [0.25, 0.3) is 0 Å². The molecule has 0 atom stereocenters. The number of carbonyl (C=O) groups excluding carboxylic acids is 1. The number of hydrogen-bond donors (Lipinski definition) is 1. The molecule has 0 unspecified atom stereocenters. The van der Waals surface area contributed by atoms with E-state index >= 15 is 0 Å². The Morgan fingerprint density at radius 1 is 1.82 bits per heavy atom. The second-order valence-corrected chi connectivity index (χ2v) is 1.84. The van der Waals surface area contributed by atoms with Gasteiger partial charge in [0.1, 0.15) is 0 Å². The van der Waals surface area contributed by atoms with E-state index in [-0.39, 0.29) is 11.7 Å². The Hall–Kier alpha value is -1.29. The molecule has 1 amide bonds. The quantitative estimate of drug-likeness (QED) is 0.661. The zero-order valence-corrected chi connectivity index (χ0v) is 6.16. The van der Waals surface area contributed by atoms with Crippen LogP contribution < -0.4 is 5.48 Å². The lowest BCUT2D eigenvalue weighted by atomic mass is 10.4. The molecule has 0 aliphatic rings. The topological polar surface area (TPSA) is 51.5 Å². The summed E-state index contributed by atoms with van der Waals surface area (Å²) >= 11 is 0. The second kappa shape index (κ2) is 3.78. The largest absolute Gasteiger partial charge is 0.459 e. The number of nitrogens with one attached hydrogen (secondary N) is 1. The van der Waals surface area contributed by atoms with Crippen molar-refractivity contribution >= 4 is 5.91 Å². The van der Waals surface area contributed by atoms with Crippen molar-refractivity contribution in [2.24, 2.45) is 0 Å². The van der Waals surface area contributed by atoms with Crippen molar-refractivity contribution in [2.45, 2.75) is 6.92 Å². The maximum atomic E-state index is 10.9. The van der Waals surface area contributed by atoms with Gasteiger partial charge in [0.05, 0.1) is 12.9 Å². The first-order chi connectivity index (χ1) is 5.34. The number of hydroxylamine groups is 1. The lowest BCUT2D eigenvalue weighted by molar-refractivity contribution is 0.0340. The molecule has 1 heterocycles. The van der Waals surface area contributed by atoms with E-state index in [9.17, 15) is 4.79 Å². The van der Waals surface area contributed by atoms with E-state index in [0.29, 0.717) is 6.61 Å². The van der Waals surface area contributed by atoms with Crippen LogP contribution >= 0.6 is 0 Å². The number of amides is 1. The smallest absolute Gasteiger partial charge is 0.310 e.